The van der Waals surface area contributed by atoms with Crippen molar-refractivity contribution in [1.82, 2.24) is 10.2 Å². The molecule has 0 aliphatic rings. The summed E-state index contributed by atoms with van der Waals surface area (Å²) in [6.07, 6.45) is 1.09. The van der Waals surface area contributed by atoms with E-state index in [2.05, 4.69) is 10.2 Å². The molecule has 0 atom stereocenters. The quantitative estimate of drug-likeness (QED) is 0.649. The minimum atomic E-state index is -0.576. The number of aromatic amines is 1. The molecule has 1 heterocycles. The monoisotopic (exact) mass is 241 g/mol. The largest absolute Gasteiger partial charge is 0.314 e. The zero-order valence-electron chi connectivity index (χ0n) is 7.78. The highest BCUT2D eigenvalue weighted by Gasteiger charge is 2.18. The minimum Gasteiger partial charge on any atom is -0.271 e. The summed E-state index contributed by atoms with van der Waals surface area (Å²) in [6.45, 7) is 0. The number of rotatable bonds is 2. The van der Waals surface area contributed by atoms with E-state index >= 15 is 0 Å². The standard InChI is InChI=1S/C9H5ClFN3O2/c10-6-3-5(1-2-7(6)11)9-8(14(15)16)4-12-13-9/h1-4H,(H,12,13). The molecule has 1 aromatic carbocycles. The number of H-pyrrole nitrogens is 1. The average Bonchev–Trinajstić information content (AvgIpc) is 2.71. The summed E-state index contributed by atoms with van der Waals surface area (Å²) >= 11 is 5.58. The van der Waals surface area contributed by atoms with Gasteiger partial charge in [0.2, 0.25) is 0 Å². The van der Waals surface area contributed by atoms with Gasteiger partial charge >= 0.3 is 5.69 Å². The van der Waals surface area contributed by atoms with Crippen molar-refractivity contribution in [3.63, 3.8) is 0 Å². The van der Waals surface area contributed by atoms with E-state index in [9.17, 15) is 14.5 Å². The van der Waals surface area contributed by atoms with Gasteiger partial charge in [-0.25, -0.2) is 4.39 Å². The molecule has 1 N–H and O–H groups in total. The number of halogens is 2. The third-order valence-electron chi connectivity index (χ3n) is 2.02. The van der Waals surface area contributed by atoms with Gasteiger partial charge in [-0.05, 0) is 18.2 Å². The van der Waals surface area contributed by atoms with Crippen LogP contribution in [0, 0.1) is 15.9 Å². The van der Waals surface area contributed by atoms with Crippen molar-refractivity contribution in [2.75, 3.05) is 0 Å². The van der Waals surface area contributed by atoms with Crippen LogP contribution in [0.4, 0.5) is 10.1 Å². The summed E-state index contributed by atoms with van der Waals surface area (Å²) in [5, 5.41) is 16.6. The molecule has 0 aliphatic carbocycles. The van der Waals surface area contributed by atoms with Crippen molar-refractivity contribution < 1.29 is 9.31 Å². The Balaban J connectivity index is 2.54. The number of benzene rings is 1. The minimum absolute atomic E-state index is 0.0959. The van der Waals surface area contributed by atoms with Crippen molar-refractivity contribution in [2.24, 2.45) is 0 Å². The topological polar surface area (TPSA) is 71.8 Å². The SMILES string of the molecule is O=[N+]([O-])c1cn[nH]c1-c1ccc(F)c(Cl)c1. The smallest absolute Gasteiger partial charge is 0.271 e. The predicted molar refractivity (Wildman–Crippen MR) is 55.6 cm³/mol. The van der Waals surface area contributed by atoms with Gasteiger partial charge in [0.1, 0.15) is 17.7 Å². The number of nitrogens with zero attached hydrogens (tertiary/aromatic N) is 2. The molecule has 7 heteroatoms. The summed E-state index contributed by atoms with van der Waals surface area (Å²) < 4.78 is 12.9. The molecule has 0 saturated carbocycles. The van der Waals surface area contributed by atoms with Crippen LogP contribution in [-0.2, 0) is 0 Å². The first-order valence-corrected chi connectivity index (χ1v) is 4.60. The van der Waals surface area contributed by atoms with Crippen LogP contribution >= 0.6 is 11.6 Å². The molecule has 0 saturated heterocycles. The second-order valence-corrected chi connectivity index (χ2v) is 3.42. The molecular formula is C9H5ClFN3O2. The predicted octanol–water partition coefficient (Wildman–Crippen LogP) is 2.78. The second kappa shape index (κ2) is 3.90. The van der Waals surface area contributed by atoms with Gasteiger partial charge in [0.15, 0.2) is 0 Å². The Hall–Kier alpha value is -1.95. The Bertz CT molecular complexity index is 555. The molecule has 0 aliphatic heterocycles. The van der Waals surface area contributed by atoms with E-state index in [4.69, 9.17) is 11.6 Å². The zero-order valence-corrected chi connectivity index (χ0v) is 8.53. The van der Waals surface area contributed by atoms with Crippen molar-refractivity contribution in [1.29, 1.82) is 0 Å². The van der Waals surface area contributed by atoms with Gasteiger partial charge < -0.3 is 0 Å². The first-order valence-electron chi connectivity index (χ1n) is 4.23. The first kappa shape index (κ1) is 10.6. The molecule has 0 unspecified atom stereocenters. The lowest BCUT2D eigenvalue weighted by atomic mass is 10.1. The zero-order chi connectivity index (χ0) is 11.7. The van der Waals surface area contributed by atoms with Crippen LogP contribution in [-0.4, -0.2) is 15.1 Å². The Morgan fingerprint density at radius 1 is 1.50 bits per heavy atom. The van der Waals surface area contributed by atoms with Gasteiger partial charge in [-0.1, -0.05) is 11.6 Å². The highest BCUT2D eigenvalue weighted by Crippen LogP contribution is 2.29. The Kier molecular flexibility index (Phi) is 2.57. The van der Waals surface area contributed by atoms with Gasteiger partial charge in [0, 0.05) is 5.56 Å². The van der Waals surface area contributed by atoms with Crippen LogP contribution in [0.3, 0.4) is 0 Å². The van der Waals surface area contributed by atoms with Crippen molar-refractivity contribution in [3.05, 3.63) is 45.4 Å². The maximum Gasteiger partial charge on any atom is 0.314 e. The third-order valence-corrected chi connectivity index (χ3v) is 2.31. The summed E-state index contributed by atoms with van der Waals surface area (Å²) in [6, 6.07) is 3.83. The van der Waals surface area contributed by atoms with Crippen LogP contribution in [0.2, 0.25) is 5.02 Å². The molecule has 16 heavy (non-hydrogen) atoms. The van der Waals surface area contributed by atoms with Crippen LogP contribution in [0.5, 0.6) is 0 Å². The molecular weight excluding hydrogens is 237 g/mol. The van der Waals surface area contributed by atoms with E-state index in [1.165, 1.54) is 12.1 Å². The normalized spacial score (nSPS) is 10.4. The lowest BCUT2D eigenvalue weighted by Crippen LogP contribution is -1.89. The molecule has 0 radical (unpaired) electrons. The lowest BCUT2D eigenvalue weighted by molar-refractivity contribution is -0.384. The Morgan fingerprint density at radius 2 is 2.25 bits per heavy atom. The maximum absolute atomic E-state index is 12.9. The van der Waals surface area contributed by atoms with Crippen molar-refractivity contribution in [2.45, 2.75) is 0 Å². The molecule has 82 valence electrons. The molecule has 2 rings (SSSR count). The lowest BCUT2D eigenvalue weighted by Gasteiger charge is -1.99. The van der Waals surface area contributed by atoms with Gasteiger partial charge in [0.05, 0.1) is 9.95 Å². The van der Waals surface area contributed by atoms with E-state index in [1.807, 2.05) is 0 Å². The number of nitro groups is 1. The van der Waals surface area contributed by atoms with Crippen LogP contribution in [0.1, 0.15) is 0 Å². The van der Waals surface area contributed by atoms with E-state index in [-0.39, 0.29) is 16.4 Å². The number of hydrogen-bond acceptors (Lipinski definition) is 3. The first-order chi connectivity index (χ1) is 7.59. The van der Waals surface area contributed by atoms with Crippen molar-refractivity contribution in [3.8, 4) is 11.3 Å². The molecule has 0 fully saturated rings. The van der Waals surface area contributed by atoms with E-state index in [0.717, 1.165) is 12.3 Å². The van der Waals surface area contributed by atoms with Gasteiger partial charge in [0.25, 0.3) is 0 Å². The molecule has 2 aromatic rings. The molecule has 5 nitrogen and oxygen atoms in total. The maximum atomic E-state index is 12.9. The molecule has 1 aromatic heterocycles. The average molecular weight is 242 g/mol. The second-order valence-electron chi connectivity index (χ2n) is 3.02. The van der Waals surface area contributed by atoms with Gasteiger partial charge in [-0.3, -0.25) is 15.2 Å². The highest BCUT2D eigenvalue weighted by molar-refractivity contribution is 6.31. The number of hydrogen-bond donors (Lipinski definition) is 1. The van der Waals surface area contributed by atoms with Crippen molar-refractivity contribution >= 4 is 17.3 Å². The molecule has 0 bridgehead atoms. The number of nitrogens with one attached hydrogen (secondary N) is 1. The molecule has 0 amide bonds. The fourth-order valence-corrected chi connectivity index (χ4v) is 1.46. The number of aromatic nitrogens is 2. The van der Waals surface area contributed by atoms with Gasteiger partial charge in [-0.15, -0.1) is 0 Å². The van der Waals surface area contributed by atoms with E-state index < -0.39 is 10.7 Å². The van der Waals surface area contributed by atoms with E-state index in [0.29, 0.717) is 5.56 Å². The van der Waals surface area contributed by atoms with Crippen LogP contribution in [0.25, 0.3) is 11.3 Å². The third kappa shape index (κ3) is 1.74. The fraction of sp³-hybridized carbons (Fsp3) is 0. The fourth-order valence-electron chi connectivity index (χ4n) is 1.28. The summed E-state index contributed by atoms with van der Waals surface area (Å²) in [5.41, 5.74) is 0.435. The van der Waals surface area contributed by atoms with Crippen LogP contribution in [0.15, 0.2) is 24.4 Å². The summed E-state index contributed by atoms with van der Waals surface area (Å²) in [4.78, 5) is 10.1. The summed E-state index contributed by atoms with van der Waals surface area (Å²) in [7, 11) is 0. The summed E-state index contributed by atoms with van der Waals surface area (Å²) in [5.74, 6) is -0.576. The van der Waals surface area contributed by atoms with E-state index in [1.54, 1.807) is 0 Å². The highest BCUT2D eigenvalue weighted by atomic mass is 35.5. The van der Waals surface area contributed by atoms with Crippen LogP contribution < -0.4 is 0 Å². The van der Waals surface area contributed by atoms with Gasteiger partial charge in [-0.2, -0.15) is 5.10 Å². The Morgan fingerprint density at radius 3 is 2.88 bits per heavy atom. The molecule has 0 spiro atoms. The Labute approximate surface area is 94.0 Å².